The molecule has 0 saturated heterocycles. The van der Waals surface area contributed by atoms with E-state index in [1.165, 1.54) is 5.57 Å². The number of carbonyl (C=O) groups excluding carboxylic acids is 1. The molecule has 0 amide bonds. The van der Waals surface area contributed by atoms with Crippen molar-refractivity contribution in [1.29, 1.82) is 0 Å². The van der Waals surface area contributed by atoms with Crippen LogP contribution in [0.25, 0.3) is 0 Å². The zero-order valence-electron chi connectivity index (χ0n) is 27.6. The predicted octanol–water partition coefficient (Wildman–Crippen LogP) is 8.14. The molecule has 0 heterocycles. The molecule has 0 spiro atoms. The van der Waals surface area contributed by atoms with Gasteiger partial charge in [0.25, 0.3) is 0 Å². The van der Waals surface area contributed by atoms with Crippen molar-refractivity contribution in [1.82, 2.24) is 0 Å². The molecule has 5 aliphatic rings. The number of carboxylic acids is 2. The van der Waals surface area contributed by atoms with Crippen LogP contribution in [0.5, 0.6) is 0 Å². The summed E-state index contributed by atoms with van der Waals surface area (Å²) in [5.74, 6) is -0.150. The number of hydrogen-bond acceptors (Lipinski definition) is 4. The highest BCUT2D eigenvalue weighted by Gasteiger charge is 2.71. The molecular formula is C36H56O6. The van der Waals surface area contributed by atoms with Crippen molar-refractivity contribution in [3.8, 4) is 0 Å². The minimum Gasteiger partial charge on any atom is -0.481 e. The Kier molecular flexibility index (Phi) is 7.39. The topological polar surface area (TPSA) is 101 Å². The van der Waals surface area contributed by atoms with Crippen LogP contribution in [0, 0.1) is 62.1 Å². The smallest absolute Gasteiger partial charge is 0.310 e. The van der Waals surface area contributed by atoms with Crippen LogP contribution in [-0.4, -0.2) is 34.2 Å². The number of allylic oxidation sites excluding steroid dienone is 2. The second-order valence-corrected chi connectivity index (χ2v) is 17.3. The minimum atomic E-state index is -1.15. The minimum absolute atomic E-state index is 0.0925. The molecule has 5 rings (SSSR count). The van der Waals surface area contributed by atoms with Crippen LogP contribution >= 0.6 is 0 Å². The molecule has 4 saturated carbocycles. The first-order valence-corrected chi connectivity index (χ1v) is 16.6. The molecule has 0 aromatic carbocycles. The highest BCUT2D eigenvalue weighted by molar-refractivity contribution is 5.81. The van der Waals surface area contributed by atoms with E-state index in [1.54, 1.807) is 13.8 Å². The Hall–Kier alpha value is -1.85. The van der Waals surface area contributed by atoms with Gasteiger partial charge in [-0.2, -0.15) is 0 Å². The molecule has 5 aliphatic carbocycles. The number of rotatable bonds is 5. The molecule has 0 aromatic heterocycles. The first-order chi connectivity index (χ1) is 19.3. The van der Waals surface area contributed by atoms with Gasteiger partial charge in [-0.05, 0) is 124 Å². The third-order valence-electron chi connectivity index (χ3n) is 14.9. The first kappa shape index (κ1) is 31.6. The lowest BCUT2D eigenvalue weighted by atomic mass is 9.31. The lowest BCUT2D eigenvalue weighted by Gasteiger charge is -2.73. The maximum Gasteiger partial charge on any atom is 0.310 e. The molecule has 0 bridgehead atoms. The average molecular weight is 585 g/mol. The van der Waals surface area contributed by atoms with Crippen LogP contribution < -0.4 is 0 Å². The summed E-state index contributed by atoms with van der Waals surface area (Å²) in [7, 11) is 0. The van der Waals surface area contributed by atoms with Crippen LogP contribution in [0.4, 0.5) is 0 Å². The summed E-state index contributed by atoms with van der Waals surface area (Å²) < 4.78 is 6.10. The van der Waals surface area contributed by atoms with Crippen molar-refractivity contribution >= 4 is 17.9 Å². The lowest BCUT2D eigenvalue weighted by Crippen LogP contribution is -2.68. The molecule has 0 aliphatic heterocycles. The molecule has 10 atom stereocenters. The summed E-state index contributed by atoms with van der Waals surface area (Å²) in [6, 6.07) is 0. The normalized spacial score (nSPS) is 46.2. The van der Waals surface area contributed by atoms with Crippen molar-refractivity contribution in [2.24, 2.45) is 62.1 Å². The van der Waals surface area contributed by atoms with Crippen molar-refractivity contribution in [3.63, 3.8) is 0 Å². The predicted molar refractivity (Wildman–Crippen MR) is 163 cm³/mol. The largest absolute Gasteiger partial charge is 0.481 e. The van der Waals surface area contributed by atoms with E-state index in [9.17, 15) is 24.6 Å². The number of esters is 1. The number of hydrogen-bond donors (Lipinski definition) is 2. The van der Waals surface area contributed by atoms with Crippen LogP contribution in [-0.2, 0) is 19.1 Å². The Morgan fingerprint density at radius 2 is 1.57 bits per heavy atom. The van der Waals surface area contributed by atoms with E-state index in [4.69, 9.17) is 4.74 Å². The van der Waals surface area contributed by atoms with Crippen molar-refractivity contribution in [3.05, 3.63) is 11.6 Å². The Balaban J connectivity index is 1.42. The molecule has 0 aromatic rings. The molecule has 42 heavy (non-hydrogen) atoms. The van der Waals surface area contributed by atoms with Gasteiger partial charge in [-0.25, -0.2) is 0 Å². The van der Waals surface area contributed by atoms with Gasteiger partial charge in [0, 0.05) is 5.41 Å². The third kappa shape index (κ3) is 4.19. The first-order valence-electron chi connectivity index (χ1n) is 16.6. The zero-order valence-corrected chi connectivity index (χ0v) is 27.6. The molecule has 6 heteroatoms. The van der Waals surface area contributed by atoms with Gasteiger partial charge >= 0.3 is 17.9 Å². The highest BCUT2D eigenvalue weighted by Crippen LogP contribution is 2.76. The zero-order chi connectivity index (χ0) is 31.3. The Morgan fingerprint density at radius 1 is 0.905 bits per heavy atom. The Bertz CT molecular complexity index is 1180. The van der Waals surface area contributed by atoms with Gasteiger partial charge in [0.2, 0.25) is 0 Å². The summed E-state index contributed by atoms with van der Waals surface area (Å²) in [4.78, 5) is 37.5. The van der Waals surface area contributed by atoms with Crippen LogP contribution in [0.2, 0.25) is 0 Å². The van der Waals surface area contributed by atoms with Gasteiger partial charge in [-0.1, -0.05) is 53.2 Å². The maximum absolute atomic E-state index is 12.9. The maximum atomic E-state index is 12.9. The monoisotopic (exact) mass is 584 g/mol. The number of aliphatic carboxylic acids is 2. The quantitative estimate of drug-likeness (QED) is 0.250. The number of carbonyl (C=O) groups is 3. The van der Waals surface area contributed by atoms with Crippen molar-refractivity contribution in [2.45, 2.75) is 133 Å². The summed E-state index contributed by atoms with van der Waals surface area (Å²) in [6.07, 6.45) is 10.5. The molecule has 2 N–H and O–H groups in total. The highest BCUT2D eigenvalue weighted by atomic mass is 16.5. The molecule has 4 fully saturated rings. The molecular weight excluding hydrogens is 528 g/mol. The van der Waals surface area contributed by atoms with E-state index in [-0.39, 0.29) is 40.1 Å². The molecule has 236 valence electrons. The van der Waals surface area contributed by atoms with Gasteiger partial charge in [0.05, 0.1) is 17.3 Å². The fourth-order valence-electron chi connectivity index (χ4n) is 12.1. The summed E-state index contributed by atoms with van der Waals surface area (Å²) in [6.45, 7) is 19.8. The van der Waals surface area contributed by atoms with E-state index in [2.05, 4.69) is 54.5 Å². The van der Waals surface area contributed by atoms with E-state index >= 15 is 0 Å². The van der Waals surface area contributed by atoms with Crippen molar-refractivity contribution in [2.75, 3.05) is 0 Å². The number of fused-ring (bicyclic) bond motifs is 7. The Morgan fingerprint density at radius 3 is 2.19 bits per heavy atom. The van der Waals surface area contributed by atoms with Crippen LogP contribution in [0.15, 0.2) is 11.6 Å². The summed E-state index contributed by atoms with van der Waals surface area (Å²) in [5.41, 5.74) is -0.283. The third-order valence-corrected chi connectivity index (χ3v) is 14.9. The van der Waals surface area contributed by atoms with Gasteiger partial charge in [0.15, 0.2) is 0 Å². The fourth-order valence-corrected chi connectivity index (χ4v) is 12.1. The summed E-state index contributed by atoms with van der Waals surface area (Å²) >= 11 is 0. The van der Waals surface area contributed by atoms with Crippen LogP contribution in [0.1, 0.15) is 127 Å². The van der Waals surface area contributed by atoms with Crippen molar-refractivity contribution < 1.29 is 29.3 Å². The number of ether oxygens (including phenoxy) is 1. The second kappa shape index (κ2) is 9.83. The molecule has 0 radical (unpaired) electrons. The second-order valence-electron chi connectivity index (χ2n) is 17.3. The van der Waals surface area contributed by atoms with E-state index in [1.807, 2.05) is 0 Å². The van der Waals surface area contributed by atoms with E-state index in [0.29, 0.717) is 30.1 Å². The SMILES string of the molecule is CC1=CC[C@]2(C(=O)O)CC[C@]3(C)C(CCC4[C@@]5(C)CC[C@H](OC(=O)CC(C)(C)C(=O)O)C(C)(C)C5CC[C@]43C)C2[C@@H]1C. The van der Waals surface area contributed by atoms with Gasteiger partial charge in [0.1, 0.15) is 6.10 Å². The fraction of sp³-hybridized carbons (Fsp3) is 0.861. The number of carboxylic acid groups (broad SMARTS) is 2. The molecule has 4 unspecified atom stereocenters. The standard InChI is InChI=1S/C36H56O6/c1-21-12-17-36(30(40)41)19-18-34(8)23(28(36)22(21)2)10-11-25-33(7)15-14-26(42-27(37)20-31(3,4)29(38)39)32(5,6)24(33)13-16-35(25,34)9/h12,22-26,28H,10-11,13-20H2,1-9H3,(H,38,39)(H,40,41)/t22-,23?,24?,25?,26+,28?,33+,34-,35-,36+/m1/s1. The lowest BCUT2D eigenvalue weighted by molar-refractivity contribution is -0.254. The Labute approximate surface area is 253 Å². The molecule has 6 nitrogen and oxygen atoms in total. The van der Waals surface area contributed by atoms with E-state index in [0.717, 1.165) is 51.4 Å². The van der Waals surface area contributed by atoms with E-state index < -0.39 is 28.7 Å². The van der Waals surface area contributed by atoms with Gasteiger partial charge in [-0.15, -0.1) is 0 Å². The van der Waals surface area contributed by atoms with Crippen LogP contribution in [0.3, 0.4) is 0 Å². The van der Waals surface area contributed by atoms with Gasteiger partial charge in [-0.3, -0.25) is 14.4 Å². The summed E-state index contributed by atoms with van der Waals surface area (Å²) in [5, 5.41) is 20.2. The van der Waals surface area contributed by atoms with Gasteiger partial charge < -0.3 is 14.9 Å². The average Bonchev–Trinajstić information content (AvgIpc) is 2.87.